The molecule has 1 fully saturated rings. The minimum absolute atomic E-state index is 0.110. The molecule has 2 heterocycles. The molecule has 0 bridgehead atoms. The Bertz CT molecular complexity index is 443. The Kier molecular flexibility index (Phi) is 3.66. The van der Waals surface area contributed by atoms with Crippen LogP contribution in [-0.2, 0) is 9.47 Å². The van der Waals surface area contributed by atoms with E-state index in [-0.39, 0.29) is 5.02 Å². The van der Waals surface area contributed by atoms with Crippen LogP contribution in [0.1, 0.15) is 13.3 Å². The molecule has 0 radical (unpaired) electrons. The highest BCUT2D eigenvalue weighted by Gasteiger charge is 2.30. The van der Waals surface area contributed by atoms with Crippen molar-refractivity contribution in [3.05, 3.63) is 21.6 Å². The lowest BCUT2D eigenvalue weighted by atomic mass is 10.2. The van der Waals surface area contributed by atoms with Crippen LogP contribution in [0.5, 0.6) is 0 Å². The van der Waals surface area contributed by atoms with Gasteiger partial charge in [-0.1, -0.05) is 11.6 Å². The van der Waals surface area contributed by atoms with Crippen molar-refractivity contribution in [2.24, 2.45) is 0 Å². The second kappa shape index (κ2) is 5.03. The fourth-order valence-corrected chi connectivity index (χ4v) is 1.79. The number of aromatic amines is 1. The molecule has 0 aliphatic carbocycles. The molecule has 1 aromatic heterocycles. The summed E-state index contributed by atoms with van der Waals surface area (Å²) in [5.41, 5.74) is 0.105. The zero-order valence-electron chi connectivity index (χ0n) is 9.46. The van der Waals surface area contributed by atoms with Gasteiger partial charge in [-0.05, 0) is 6.92 Å². The highest BCUT2D eigenvalue weighted by atomic mass is 35.5. The summed E-state index contributed by atoms with van der Waals surface area (Å²) in [6.45, 7) is 3.70. The summed E-state index contributed by atoms with van der Waals surface area (Å²) in [6.07, 6.45) is 2.14. The Morgan fingerprint density at radius 3 is 3.00 bits per heavy atom. The Morgan fingerprint density at radius 2 is 2.29 bits per heavy atom. The van der Waals surface area contributed by atoms with Gasteiger partial charge in [-0.15, -0.1) is 0 Å². The molecule has 1 aliphatic heterocycles. The van der Waals surface area contributed by atoms with Gasteiger partial charge in [0.25, 0.3) is 5.56 Å². The molecule has 0 saturated carbocycles. The van der Waals surface area contributed by atoms with Crippen molar-refractivity contribution in [3.63, 3.8) is 0 Å². The molecule has 7 heteroatoms. The fourth-order valence-electron chi connectivity index (χ4n) is 1.63. The first-order valence-corrected chi connectivity index (χ1v) is 5.73. The largest absolute Gasteiger partial charge is 0.382 e. The van der Waals surface area contributed by atoms with Crippen molar-refractivity contribution in [2.75, 3.05) is 25.1 Å². The third-order valence-electron chi connectivity index (χ3n) is 2.59. The topological polar surface area (TPSA) is 76.2 Å². The molecule has 94 valence electrons. The first-order chi connectivity index (χ1) is 8.11. The maximum absolute atomic E-state index is 11.2. The van der Waals surface area contributed by atoms with Gasteiger partial charge < -0.3 is 14.8 Å². The maximum atomic E-state index is 11.2. The molecule has 2 N–H and O–H groups in total. The molecule has 0 atom stereocenters. The van der Waals surface area contributed by atoms with Crippen molar-refractivity contribution in [2.45, 2.75) is 19.1 Å². The third kappa shape index (κ3) is 2.96. The van der Waals surface area contributed by atoms with Crippen LogP contribution in [0.15, 0.2) is 11.0 Å². The molecule has 17 heavy (non-hydrogen) atoms. The number of ether oxygens (including phenoxy) is 2. The fraction of sp³-hybridized carbons (Fsp3) is 0.600. The maximum Gasteiger partial charge on any atom is 0.285 e. The minimum atomic E-state index is -0.548. The van der Waals surface area contributed by atoms with Crippen LogP contribution in [0.2, 0.25) is 5.02 Å². The molecular weight excluding hydrogens is 246 g/mol. The van der Waals surface area contributed by atoms with Crippen molar-refractivity contribution >= 4 is 17.3 Å². The van der Waals surface area contributed by atoms with Crippen LogP contribution in [0.3, 0.4) is 0 Å². The second-order valence-electron chi connectivity index (χ2n) is 3.93. The smallest absolute Gasteiger partial charge is 0.285 e. The number of rotatable bonds is 4. The highest BCUT2D eigenvalue weighted by molar-refractivity contribution is 6.32. The lowest BCUT2D eigenvalue weighted by molar-refractivity contribution is -0.144. The van der Waals surface area contributed by atoms with Crippen molar-refractivity contribution < 1.29 is 9.47 Å². The standard InChI is InChI=1S/C10H14ClN3O3/c1-10(16-4-5-17-10)2-3-12-7-6-13-14-9(15)8(7)11/h6H,2-5H2,1H3,(H2,12,14,15). The first-order valence-electron chi connectivity index (χ1n) is 5.36. The highest BCUT2D eigenvalue weighted by Crippen LogP contribution is 2.23. The van der Waals surface area contributed by atoms with Crippen LogP contribution >= 0.6 is 11.6 Å². The quantitative estimate of drug-likeness (QED) is 0.843. The van der Waals surface area contributed by atoms with Gasteiger partial charge in [-0.3, -0.25) is 4.79 Å². The summed E-state index contributed by atoms with van der Waals surface area (Å²) in [5.74, 6) is -0.548. The molecular formula is C10H14ClN3O3. The zero-order valence-corrected chi connectivity index (χ0v) is 10.2. The third-order valence-corrected chi connectivity index (χ3v) is 2.96. The molecule has 6 nitrogen and oxygen atoms in total. The molecule has 1 aromatic rings. The normalized spacial score (nSPS) is 18.2. The number of halogens is 1. The summed E-state index contributed by atoms with van der Waals surface area (Å²) < 4.78 is 10.9. The molecule has 2 rings (SSSR count). The SMILES string of the molecule is CC1(CCNc2cn[nH]c(=O)c2Cl)OCCO1. The number of H-pyrrole nitrogens is 1. The number of aromatic nitrogens is 2. The molecule has 0 amide bonds. The number of anilines is 1. The van der Waals surface area contributed by atoms with E-state index in [0.717, 1.165) is 0 Å². The minimum Gasteiger partial charge on any atom is -0.382 e. The lowest BCUT2D eigenvalue weighted by Gasteiger charge is -2.22. The van der Waals surface area contributed by atoms with Gasteiger partial charge in [-0.25, -0.2) is 5.10 Å². The van der Waals surface area contributed by atoms with E-state index in [1.807, 2.05) is 6.92 Å². The van der Waals surface area contributed by atoms with E-state index in [0.29, 0.717) is 31.9 Å². The van der Waals surface area contributed by atoms with Crippen LogP contribution in [-0.4, -0.2) is 35.7 Å². The molecule has 1 saturated heterocycles. The molecule has 0 spiro atoms. The van der Waals surface area contributed by atoms with Gasteiger partial charge >= 0.3 is 0 Å². The monoisotopic (exact) mass is 259 g/mol. The van der Waals surface area contributed by atoms with Crippen molar-refractivity contribution in [1.82, 2.24) is 10.2 Å². The Balaban J connectivity index is 1.90. The van der Waals surface area contributed by atoms with E-state index in [1.165, 1.54) is 6.20 Å². The van der Waals surface area contributed by atoms with Crippen LogP contribution in [0.25, 0.3) is 0 Å². The predicted molar refractivity (Wildman–Crippen MR) is 63.3 cm³/mol. The van der Waals surface area contributed by atoms with E-state index >= 15 is 0 Å². The summed E-state index contributed by atoms with van der Waals surface area (Å²) >= 11 is 5.81. The lowest BCUT2D eigenvalue weighted by Crippen LogP contribution is -2.28. The second-order valence-corrected chi connectivity index (χ2v) is 4.31. The molecule has 0 aromatic carbocycles. The van der Waals surface area contributed by atoms with E-state index in [2.05, 4.69) is 15.5 Å². The number of nitrogens with one attached hydrogen (secondary N) is 2. The van der Waals surface area contributed by atoms with Crippen LogP contribution in [0.4, 0.5) is 5.69 Å². The van der Waals surface area contributed by atoms with E-state index < -0.39 is 11.3 Å². The summed E-state index contributed by atoms with van der Waals surface area (Å²) in [7, 11) is 0. The average molecular weight is 260 g/mol. The Labute approximate surface area is 103 Å². The number of hydrogen-bond donors (Lipinski definition) is 2. The van der Waals surface area contributed by atoms with Crippen LogP contribution in [0, 0.1) is 0 Å². The van der Waals surface area contributed by atoms with Crippen molar-refractivity contribution in [3.8, 4) is 0 Å². The summed E-state index contributed by atoms with van der Waals surface area (Å²) in [4.78, 5) is 11.2. The zero-order chi connectivity index (χ0) is 12.3. The average Bonchev–Trinajstić information content (AvgIpc) is 2.72. The van der Waals surface area contributed by atoms with E-state index in [9.17, 15) is 4.79 Å². The summed E-state index contributed by atoms with van der Waals surface area (Å²) in [5, 5.41) is 9.06. The molecule has 0 unspecified atom stereocenters. The van der Waals surface area contributed by atoms with Gasteiger partial charge in [0, 0.05) is 13.0 Å². The first kappa shape index (κ1) is 12.3. The van der Waals surface area contributed by atoms with E-state index in [4.69, 9.17) is 21.1 Å². The predicted octanol–water partition coefficient (Wildman–Crippen LogP) is 0.988. The Hall–Kier alpha value is -1.11. The number of nitrogens with zero attached hydrogens (tertiary/aromatic N) is 1. The van der Waals surface area contributed by atoms with Gasteiger partial charge in [0.2, 0.25) is 0 Å². The summed E-state index contributed by atoms with van der Waals surface area (Å²) in [6, 6.07) is 0. The molecule has 1 aliphatic rings. The van der Waals surface area contributed by atoms with Gasteiger partial charge in [-0.2, -0.15) is 5.10 Å². The van der Waals surface area contributed by atoms with Gasteiger partial charge in [0.15, 0.2) is 5.79 Å². The van der Waals surface area contributed by atoms with Crippen LogP contribution < -0.4 is 10.9 Å². The van der Waals surface area contributed by atoms with Crippen molar-refractivity contribution in [1.29, 1.82) is 0 Å². The van der Waals surface area contributed by atoms with Gasteiger partial charge in [0.1, 0.15) is 5.02 Å². The van der Waals surface area contributed by atoms with E-state index in [1.54, 1.807) is 0 Å². The van der Waals surface area contributed by atoms with Gasteiger partial charge in [0.05, 0.1) is 25.1 Å². The number of hydrogen-bond acceptors (Lipinski definition) is 5. The Morgan fingerprint density at radius 1 is 1.59 bits per heavy atom.